The number of hydrogen-bond donors (Lipinski definition) is 2. The molecule has 4 rings (SSSR count). The van der Waals surface area contributed by atoms with Gasteiger partial charge in [-0.05, 0) is 43.7 Å². The van der Waals surface area contributed by atoms with E-state index in [2.05, 4.69) is 15.7 Å². The number of aryl methyl sites for hydroxylation is 2. The van der Waals surface area contributed by atoms with Gasteiger partial charge in [0, 0.05) is 24.1 Å². The number of carbonyl (C=O) groups excluding carboxylic acids is 2. The molecule has 1 aromatic heterocycles. The van der Waals surface area contributed by atoms with E-state index in [0.717, 1.165) is 16.8 Å². The van der Waals surface area contributed by atoms with Crippen LogP contribution in [0, 0.1) is 6.92 Å². The van der Waals surface area contributed by atoms with E-state index in [-0.39, 0.29) is 11.8 Å². The van der Waals surface area contributed by atoms with E-state index in [0.29, 0.717) is 29.5 Å². The quantitative estimate of drug-likeness (QED) is 0.622. The molecule has 3 aromatic rings. The van der Waals surface area contributed by atoms with Crippen molar-refractivity contribution in [3.63, 3.8) is 0 Å². The van der Waals surface area contributed by atoms with Gasteiger partial charge in [-0.3, -0.25) is 14.3 Å². The van der Waals surface area contributed by atoms with Gasteiger partial charge >= 0.3 is 0 Å². The van der Waals surface area contributed by atoms with Crippen LogP contribution < -0.4 is 20.1 Å². The highest BCUT2D eigenvalue weighted by atomic mass is 16.5. The molecule has 8 nitrogen and oxygen atoms in total. The molecule has 0 aliphatic carbocycles. The van der Waals surface area contributed by atoms with Crippen LogP contribution in [-0.4, -0.2) is 41.4 Å². The maximum absolute atomic E-state index is 13.2. The lowest BCUT2D eigenvalue weighted by Crippen LogP contribution is -2.50. The molecule has 0 radical (unpaired) electrons. The fourth-order valence-electron chi connectivity index (χ4n) is 4.18. The molecule has 1 aliphatic rings. The maximum Gasteiger partial charge on any atom is 0.251 e. The first-order valence-electron chi connectivity index (χ1n) is 10.5. The van der Waals surface area contributed by atoms with Crippen LogP contribution in [0.3, 0.4) is 0 Å². The van der Waals surface area contributed by atoms with Crippen LogP contribution in [0.25, 0.3) is 0 Å². The van der Waals surface area contributed by atoms with E-state index in [4.69, 9.17) is 9.47 Å². The number of nitrogens with zero attached hydrogens (tertiary/aromatic N) is 2. The lowest BCUT2D eigenvalue weighted by Gasteiger charge is -2.33. The zero-order valence-corrected chi connectivity index (χ0v) is 18.5. The molecule has 2 heterocycles. The third-order valence-electron chi connectivity index (χ3n) is 5.61. The van der Waals surface area contributed by atoms with Crippen LogP contribution >= 0.6 is 0 Å². The van der Waals surface area contributed by atoms with Crippen LogP contribution in [0.15, 0.2) is 48.5 Å². The van der Waals surface area contributed by atoms with Crippen LogP contribution in [-0.2, 0) is 11.8 Å². The summed E-state index contributed by atoms with van der Waals surface area (Å²) in [6.45, 7) is 4.30. The van der Waals surface area contributed by atoms with E-state index < -0.39 is 12.0 Å². The van der Waals surface area contributed by atoms with Crippen LogP contribution in [0.2, 0.25) is 0 Å². The third kappa shape index (κ3) is 3.79. The van der Waals surface area contributed by atoms with Crippen molar-refractivity contribution in [2.24, 2.45) is 7.05 Å². The number of amides is 2. The fraction of sp³-hybridized carbons (Fsp3) is 0.292. The fourth-order valence-corrected chi connectivity index (χ4v) is 4.18. The topological polar surface area (TPSA) is 94.5 Å². The summed E-state index contributed by atoms with van der Waals surface area (Å²) in [6.07, 6.45) is 0. The molecular weight excluding hydrogens is 408 g/mol. The van der Waals surface area contributed by atoms with Crippen LogP contribution in [0.5, 0.6) is 11.5 Å². The average molecular weight is 434 g/mol. The highest BCUT2D eigenvalue weighted by Crippen LogP contribution is 2.41. The van der Waals surface area contributed by atoms with E-state index >= 15 is 0 Å². The number of methoxy groups -OCH3 is 1. The zero-order valence-electron chi connectivity index (χ0n) is 18.5. The number of nitrogens with one attached hydrogen (secondary N) is 2. The lowest BCUT2D eigenvalue weighted by molar-refractivity contribution is -0.118. The summed E-state index contributed by atoms with van der Waals surface area (Å²) in [6, 6.07) is 13.6. The van der Waals surface area contributed by atoms with Gasteiger partial charge in [0.05, 0.1) is 19.4 Å². The first-order valence-corrected chi connectivity index (χ1v) is 10.5. The van der Waals surface area contributed by atoms with E-state index in [1.165, 1.54) is 0 Å². The second-order valence-corrected chi connectivity index (χ2v) is 7.60. The highest BCUT2D eigenvalue weighted by Gasteiger charge is 2.41. The van der Waals surface area contributed by atoms with Gasteiger partial charge in [0.15, 0.2) is 11.5 Å². The second-order valence-electron chi connectivity index (χ2n) is 7.60. The normalized spacial score (nSPS) is 17.3. The number of anilines is 1. The molecule has 0 fully saturated rings. The smallest absolute Gasteiger partial charge is 0.251 e. The van der Waals surface area contributed by atoms with Gasteiger partial charge in [0.1, 0.15) is 11.9 Å². The van der Waals surface area contributed by atoms with Gasteiger partial charge in [-0.25, -0.2) is 0 Å². The van der Waals surface area contributed by atoms with Crippen molar-refractivity contribution in [1.29, 1.82) is 0 Å². The molecule has 8 heteroatoms. The molecule has 1 aliphatic heterocycles. The molecule has 2 N–H and O–H groups in total. The monoisotopic (exact) mass is 434 g/mol. The molecule has 2 aromatic carbocycles. The Bertz CT molecular complexity index is 1160. The Hall–Kier alpha value is -3.81. The Balaban J connectivity index is 1.81. The number of carbonyl (C=O) groups is 2. The Morgan fingerprint density at radius 3 is 2.62 bits per heavy atom. The number of fused-ring (bicyclic) bond motifs is 1. The first-order chi connectivity index (χ1) is 15.4. The molecule has 166 valence electrons. The summed E-state index contributed by atoms with van der Waals surface area (Å²) in [5.41, 5.74) is 2.93. The Kier molecular flexibility index (Phi) is 5.85. The number of hydrogen-bond acceptors (Lipinski definition) is 5. The lowest BCUT2D eigenvalue weighted by atomic mass is 9.81. The molecule has 2 amide bonds. The minimum Gasteiger partial charge on any atom is -0.493 e. The van der Waals surface area contributed by atoms with Gasteiger partial charge in [-0.1, -0.05) is 24.3 Å². The van der Waals surface area contributed by atoms with Crippen molar-refractivity contribution < 1.29 is 19.1 Å². The molecule has 0 saturated heterocycles. The number of ether oxygens (including phenoxy) is 2. The second kappa shape index (κ2) is 8.74. The van der Waals surface area contributed by atoms with Crippen molar-refractivity contribution in [2.75, 3.05) is 19.0 Å². The van der Waals surface area contributed by atoms with Gasteiger partial charge in [-0.2, -0.15) is 5.10 Å². The Morgan fingerprint density at radius 2 is 1.94 bits per heavy atom. The molecular formula is C24H26N4O4. The number of aromatic nitrogens is 2. The molecule has 0 spiro atoms. The minimum absolute atomic E-state index is 0.303. The first kappa shape index (κ1) is 21.4. The van der Waals surface area contributed by atoms with Crippen LogP contribution in [0.1, 0.15) is 40.0 Å². The van der Waals surface area contributed by atoms with Gasteiger partial charge in [0.2, 0.25) is 5.91 Å². The van der Waals surface area contributed by atoms with Crippen molar-refractivity contribution in [3.05, 3.63) is 70.9 Å². The minimum atomic E-state index is -0.833. The van der Waals surface area contributed by atoms with Crippen LogP contribution in [0.4, 0.5) is 5.82 Å². The summed E-state index contributed by atoms with van der Waals surface area (Å²) in [4.78, 5) is 26.1. The summed E-state index contributed by atoms with van der Waals surface area (Å²) >= 11 is 0. The highest BCUT2D eigenvalue weighted by molar-refractivity contribution is 6.03. The number of benzene rings is 2. The van der Waals surface area contributed by atoms with E-state index in [1.807, 2.05) is 38.1 Å². The summed E-state index contributed by atoms with van der Waals surface area (Å²) in [5.74, 6) is 0.722. The predicted molar refractivity (Wildman–Crippen MR) is 120 cm³/mol. The largest absolute Gasteiger partial charge is 0.493 e. The van der Waals surface area contributed by atoms with Crippen molar-refractivity contribution in [2.45, 2.75) is 25.8 Å². The molecule has 0 saturated carbocycles. The number of rotatable bonds is 6. The summed E-state index contributed by atoms with van der Waals surface area (Å²) in [7, 11) is 3.36. The molecule has 32 heavy (non-hydrogen) atoms. The van der Waals surface area contributed by atoms with Crippen molar-refractivity contribution in [1.82, 2.24) is 15.1 Å². The van der Waals surface area contributed by atoms with Gasteiger partial charge < -0.3 is 20.1 Å². The molecule has 2 atom stereocenters. The predicted octanol–water partition coefficient (Wildman–Crippen LogP) is 3.02. The Morgan fingerprint density at radius 1 is 1.19 bits per heavy atom. The van der Waals surface area contributed by atoms with Crippen molar-refractivity contribution >= 4 is 17.6 Å². The standard InChI is InChI=1S/C24H26N4O4/c1-5-32-17-12-11-16(13-18(17)31-4)20-19-14(2)27-28(3)22(19)26-24(30)21(20)25-23(29)15-9-7-6-8-10-15/h6-13,20-21H,5H2,1-4H3,(H,25,29)(H,26,30)/t20-,21+/m1/s1. The van der Waals surface area contributed by atoms with E-state index in [1.54, 1.807) is 43.1 Å². The summed E-state index contributed by atoms with van der Waals surface area (Å²) < 4.78 is 12.8. The average Bonchev–Trinajstić information content (AvgIpc) is 3.08. The Labute approximate surface area is 186 Å². The maximum atomic E-state index is 13.2. The third-order valence-corrected chi connectivity index (χ3v) is 5.61. The van der Waals surface area contributed by atoms with Gasteiger partial charge in [-0.15, -0.1) is 0 Å². The van der Waals surface area contributed by atoms with Gasteiger partial charge in [0.25, 0.3) is 5.91 Å². The molecule has 0 unspecified atom stereocenters. The van der Waals surface area contributed by atoms with E-state index in [9.17, 15) is 9.59 Å². The molecule has 0 bridgehead atoms. The van der Waals surface area contributed by atoms with Crippen molar-refractivity contribution in [3.8, 4) is 11.5 Å². The SMILES string of the molecule is CCOc1ccc([C@@H]2c3c(C)nn(C)c3NC(=O)[C@H]2NC(=O)c2ccccc2)cc1OC. The zero-order chi connectivity index (χ0) is 22.8. The summed E-state index contributed by atoms with van der Waals surface area (Å²) in [5, 5.41) is 10.3.